The molecule has 1 atom stereocenters. The summed E-state index contributed by atoms with van der Waals surface area (Å²) in [5, 5.41) is 8.98. The van der Waals surface area contributed by atoms with Crippen molar-refractivity contribution in [2.75, 3.05) is 4.90 Å². The van der Waals surface area contributed by atoms with E-state index < -0.39 is 5.97 Å². The molecule has 3 rings (SSSR count). The SMILES string of the molecule is O=C1C=CN(c2ccccc2)C(c2ccc(C(=O)O)cc2)C1. The molecule has 1 unspecified atom stereocenters. The van der Waals surface area contributed by atoms with Crippen LogP contribution in [0.3, 0.4) is 0 Å². The molecule has 1 heterocycles. The van der Waals surface area contributed by atoms with Gasteiger partial charge in [0, 0.05) is 18.3 Å². The lowest BCUT2D eigenvalue weighted by Gasteiger charge is -2.33. The molecule has 0 spiro atoms. The highest BCUT2D eigenvalue weighted by Crippen LogP contribution is 2.33. The molecule has 1 aliphatic rings. The predicted molar refractivity (Wildman–Crippen MR) is 83.8 cm³/mol. The van der Waals surface area contributed by atoms with Crippen molar-refractivity contribution in [2.45, 2.75) is 12.5 Å². The molecule has 4 heteroatoms. The fourth-order valence-corrected chi connectivity index (χ4v) is 2.62. The van der Waals surface area contributed by atoms with Crippen LogP contribution in [0.25, 0.3) is 0 Å². The Balaban J connectivity index is 1.97. The second kappa shape index (κ2) is 5.85. The molecule has 110 valence electrons. The van der Waals surface area contributed by atoms with Crippen molar-refractivity contribution in [1.29, 1.82) is 0 Å². The van der Waals surface area contributed by atoms with E-state index >= 15 is 0 Å². The lowest BCUT2D eigenvalue weighted by atomic mass is 9.96. The van der Waals surface area contributed by atoms with Gasteiger partial charge in [-0.05, 0) is 35.9 Å². The van der Waals surface area contributed by atoms with Gasteiger partial charge in [-0.3, -0.25) is 4.79 Å². The fourth-order valence-electron chi connectivity index (χ4n) is 2.62. The van der Waals surface area contributed by atoms with E-state index in [2.05, 4.69) is 0 Å². The van der Waals surface area contributed by atoms with Crippen LogP contribution in [0, 0.1) is 0 Å². The van der Waals surface area contributed by atoms with Crippen molar-refractivity contribution >= 4 is 17.4 Å². The van der Waals surface area contributed by atoms with Gasteiger partial charge >= 0.3 is 5.97 Å². The quantitative estimate of drug-likeness (QED) is 0.942. The molecule has 22 heavy (non-hydrogen) atoms. The Morgan fingerprint density at radius 3 is 2.36 bits per heavy atom. The molecule has 0 bridgehead atoms. The van der Waals surface area contributed by atoms with Gasteiger partial charge < -0.3 is 10.0 Å². The number of rotatable bonds is 3. The first-order chi connectivity index (χ1) is 10.6. The zero-order chi connectivity index (χ0) is 15.5. The molecule has 0 fully saturated rings. The Morgan fingerprint density at radius 2 is 1.73 bits per heavy atom. The Morgan fingerprint density at radius 1 is 1.05 bits per heavy atom. The highest BCUT2D eigenvalue weighted by molar-refractivity contribution is 5.92. The zero-order valence-electron chi connectivity index (χ0n) is 11.8. The van der Waals surface area contributed by atoms with Gasteiger partial charge in [-0.1, -0.05) is 30.3 Å². The molecule has 0 aliphatic carbocycles. The summed E-state index contributed by atoms with van der Waals surface area (Å²) < 4.78 is 0. The van der Waals surface area contributed by atoms with Gasteiger partial charge in [0.15, 0.2) is 5.78 Å². The highest BCUT2D eigenvalue weighted by atomic mass is 16.4. The number of carbonyl (C=O) groups is 2. The van der Waals surface area contributed by atoms with E-state index in [1.807, 2.05) is 35.2 Å². The number of ketones is 1. The van der Waals surface area contributed by atoms with E-state index in [1.54, 1.807) is 36.5 Å². The van der Waals surface area contributed by atoms with E-state index in [1.165, 1.54) is 0 Å². The molecular weight excluding hydrogens is 278 g/mol. The predicted octanol–water partition coefficient (Wildman–Crippen LogP) is 3.42. The molecule has 0 amide bonds. The summed E-state index contributed by atoms with van der Waals surface area (Å²) >= 11 is 0. The third kappa shape index (κ3) is 2.76. The maximum absolute atomic E-state index is 11.8. The number of benzene rings is 2. The first kappa shape index (κ1) is 14.1. The van der Waals surface area contributed by atoms with Crippen molar-refractivity contribution in [2.24, 2.45) is 0 Å². The minimum Gasteiger partial charge on any atom is -0.478 e. The summed E-state index contributed by atoms with van der Waals surface area (Å²) in [6.45, 7) is 0. The Labute approximate surface area is 128 Å². The van der Waals surface area contributed by atoms with Gasteiger partial charge in [0.1, 0.15) is 0 Å². The first-order valence-electron chi connectivity index (χ1n) is 7.03. The van der Waals surface area contributed by atoms with Gasteiger partial charge in [-0.25, -0.2) is 4.79 Å². The monoisotopic (exact) mass is 293 g/mol. The van der Waals surface area contributed by atoms with E-state index in [0.717, 1.165) is 11.3 Å². The smallest absolute Gasteiger partial charge is 0.335 e. The molecule has 1 N–H and O–H groups in total. The fraction of sp³-hybridized carbons (Fsp3) is 0.111. The maximum Gasteiger partial charge on any atom is 0.335 e. The summed E-state index contributed by atoms with van der Waals surface area (Å²) in [6, 6.07) is 16.4. The number of para-hydroxylation sites is 1. The van der Waals surface area contributed by atoms with Gasteiger partial charge in [0.25, 0.3) is 0 Å². The van der Waals surface area contributed by atoms with Crippen LogP contribution in [0.1, 0.15) is 28.4 Å². The molecule has 4 nitrogen and oxygen atoms in total. The summed E-state index contributed by atoms with van der Waals surface area (Å²) in [6.07, 6.45) is 3.74. The minimum atomic E-state index is -0.953. The number of carboxylic acid groups (broad SMARTS) is 1. The van der Waals surface area contributed by atoms with Crippen molar-refractivity contribution in [3.05, 3.63) is 78.0 Å². The Kier molecular flexibility index (Phi) is 3.74. The summed E-state index contributed by atoms with van der Waals surface area (Å²) in [5.41, 5.74) is 2.16. The molecule has 2 aromatic carbocycles. The minimum absolute atomic E-state index is 0.0690. The lowest BCUT2D eigenvalue weighted by molar-refractivity contribution is -0.115. The standard InChI is InChI=1S/C18H15NO3/c20-16-10-11-19(15-4-2-1-3-5-15)17(12-16)13-6-8-14(9-7-13)18(21)22/h1-11,17H,12H2,(H,21,22). The topological polar surface area (TPSA) is 57.6 Å². The van der Waals surface area contributed by atoms with Gasteiger partial charge in [-0.2, -0.15) is 0 Å². The van der Waals surface area contributed by atoms with Crippen LogP contribution in [-0.4, -0.2) is 16.9 Å². The summed E-state index contributed by atoms with van der Waals surface area (Å²) in [7, 11) is 0. The Bertz CT molecular complexity index is 720. The molecule has 0 saturated heterocycles. The molecule has 0 aromatic heterocycles. The largest absolute Gasteiger partial charge is 0.478 e. The van der Waals surface area contributed by atoms with Crippen LogP contribution < -0.4 is 4.90 Å². The Hall–Kier alpha value is -2.88. The van der Waals surface area contributed by atoms with Gasteiger partial charge in [-0.15, -0.1) is 0 Å². The number of hydrogen-bond acceptors (Lipinski definition) is 3. The van der Waals surface area contributed by atoms with Gasteiger partial charge in [0.2, 0.25) is 0 Å². The third-order valence-electron chi connectivity index (χ3n) is 3.75. The number of carboxylic acids is 1. The molecule has 0 radical (unpaired) electrons. The van der Waals surface area contributed by atoms with Crippen molar-refractivity contribution in [1.82, 2.24) is 0 Å². The van der Waals surface area contributed by atoms with Gasteiger partial charge in [0.05, 0.1) is 11.6 Å². The van der Waals surface area contributed by atoms with Crippen LogP contribution in [0.2, 0.25) is 0 Å². The number of aromatic carboxylic acids is 1. The van der Waals surface area contributed by atoms with E-state index in [4.69, 9.17) is 5.11 Å². The number of allylic oxidation sites excluding steroid dienone is 1. The number of hydrogen-bond donors (Lipinski definition) is 1. The lowest BCUT2D eigenvalue weighted by Crippen LogP contribution is -2.28. The average molecular weight is 293 g/mol. The van der Waals surface area contributed by atoms with E-state index in [9.17, 15) is 9.59 Å². The van der Waals surface area contributed by atoms with Crippen LogP contribution in [0.4, 0.5) is 5.69 Å². The molecule has 0 saturated carbocycles. The highest BCUT2D eigenvalue weighted by Gasteiger charge is 2.25. The van der Waals surface area contributed by atoms with Crippen molar-refractivity contribution < 1.29 is 14.7 Å². The summed E-state index contributed by atoms with van der Waals surface area (Å²) in [5.74, 6) is -0.884. The second-order valence-electron chi connectivity index (χ2n) is 5.17. The second-order valence-corrected chi connectivity index (χ2v) is 5.17. The number of nitrogens with zero attached hydrogens (tertiary/aromatic N) is 1. The van der Waals surface area contributed by atoms with Crippen LogP contribution in [0.15, 0.2) is 66.9 Å². The van der Waals surface area contributed by atoms with Crippen molar-refractivity contribution in [3.63, 3.8) is 0 Å². The molecule has 2 aromatic rings. The number of anilines is 1. The summed E-state index contributed by atoms with van der Waals surface area (Å²) in [4.78, 5) is 24.8. The van der Waals surface area contributed by atoms with Crippen LogP contribution in [-0.2, 0) is 4.79 Å². The number of carbonyl (C=O) groups excluding carboxylic acids is 1. The first-order valence-corrected chi connectivity index (χ1v) is 7.03. The third-order valence-corrected chi connectivity index (χ3v) is 3.75. The maximum atomic E-state index is 11.8. The van der Waals surface area contributed by atoms with Crippen LogP contribution in [0.5, 0.6) is 0 Å². The average Bonchev–Trinajstić information content (AvgIpc) is 2.55. The van der Waals surface area contributed by atoms with E-state index in [0.29, 0.717) is 6.42 Å². The molecular formula is C18H15NO3. The molecule has 1 aliphatic heterocycles. The van der Waals surface area contributed by atoms with Crippen LogP contribution >= 0.6 is 0 Å². The zero-order valence-corrected chi connectivity index (χ0v) is 11.8. The van der Waals surface area contributed by atoms with E-state index in [-0.39, 0.29) is 17.4 Å². The van der Waals surface area contributed by atoms with Crippen molar-refractivity contribution in [3.8, 4) is 0 Å². The normalized spacial score (nSPS) is 17.5.